The smallest absolute Gasteiger partial charge is 0.325 e. The van der Waals surface area contributed by atoms with Crippen molar-refractivity contribution in [1.29, 1.82) is 0 Å². The van der Waals surface area contributed by atoms with Crippen molar-refractivity contribution in [2.45, 2.75) is 37.2 Å². The van der Waals surface area contributed by atoms with Crippen LogP contribution in [0.4, 0.5) is 5.69 Å². The average Bonchev–Trinajstić information content (AvgIpc) is 2.80. The highest BCUT2D eigenvalue weighted by Gasteiger charge is 2.19. The van der Waals surface area contributed by atoms with E-state index in [1.807, 2.05) is 6.92 Å². The van der Waals surface area contributed by atoms with E-state index in [1.165, 1.54) is 16.3 Å². The lowest BCUT2D eigenvalue weighted by Gasteiger charge is -2.12. The van der Waals surface area contributed by atoms with Gasteiger partial charge in [-0.3, -0.25) is 9.36 Å². The van der Waals surface area contributed by atoms with Crippen LogP contribution in [0.2, 0.25) is 5.02 Å². The van der Waals surface area contributed by atoms with Crippen molar-refractivity contribution >= 4 is 35.0 Å². The lowest BCUT2D eigenvalue weighted by Crippen LogP contribution is -2.24. The summed E-state index contributed by atoms with van der Waals surface area (Å²) in [5.41, 5.74) is 0.379. The summed E-state index contributed by atoms with van der Waals surface area (Å²) < 4.78 is 1.54. The van der Waals surface area contributed by atoms with Crippen LogP contribution in [0, 0.1) is 0 Å². The Morgan fingerprint density at radius 3 is 3.00 bits per heavy atom. The van der Waals surface area contributed by atoms with Gasteiger partial charge in [-0.05, 0) is 31.5 Å². The minimum atomic E-state index is -0.398. The van der Waals surface area contributed by atoms with Crippen LogP contribution in [0.3, 0.4) is 0 Å². The first-order valence-electron chi connectivity index (χ1n) is 6.89. The van der Waals surface area contributed by atoms with Gasteiger partial charge in [-0.2, -0.15) is 0 Å². The Bertz CT molecular complexity index is 713. The van der Waals surface area contributed by atoms with E-state index in [1.54, 1.807) is 31.2 Å². The quantitative estimate of drug-likeness (QED) is 0.792. The van der Waals surface area contributed by atoms with E-state index < -0.39 is 5.25 Å². The van der Waals surface area contributed by atoms with Crippen molar-refractivity contribution in [3.8, 4) is 0 Å². The Kier molecular flexibility index (Phi) is 5.68. The summed E-state index contributed by atoms with van der Waals surface area (Å²) in [7, 11) is 0. The molecule has 0 radical (unpaired) electrons. The summed E-state index contributed by atoms with van der Waals surface area (Å²) in [5, 5.41) is 9.84. The van der Waals surface area contributed by atoms with Gasteiger partial charge in [0.15, 0.2) is 5.16 Å². The van der Waals surface area contributed by atoms with Crippen molar-refractivity contribution < 1.29 is 4.79 Å². The molecule has 0 saturated carbocycles. The molecular weight excluding hydrogens is 324 g/mol. The fourth-order valence-corrected chi connectivity index (χ4v) is 2.91. The fraction of sp³-hybridized carbons (Fsp3) is 0.357. The van der Waals surface area contributed by atoms with Gasteiger partial charge in [-0.1, -0.05) is 36.4 Å². The molecule has 0 bridgehead atoms. The van der Waals surface area contributed by atoms with Gasteiger partial charge in [0.25, 0.3) is 0 Å². The second-order valence-electron chi connectivity index (χ2n) is 4.72. The number of H-pyrrole nitrogens is 1. The van der Waals surface area contributed by atoms with E-state index in [4.69, 9.17) is 11.6 Å². The van der Waals surface area contributed by atoms with Gasteiger partial charge in [0.1, 0.15) is 0 Å². The summed E-state index contributed by atoms with van der Waals surface area (Å²) in [6.07, 6.45) is 0.816. The van der Waals surface area contributed by atoms with Gasteiger partial charge < -0.3 is 5.32 Å². The SMILES string of the molecule is CCCn1c(SC(C)C(=O)Nc2cccc(Cl)c2)n[nH]c1=O. The lowest BCUT2D eigenvalue weighted by atomic mass is 10.3. The number of anilines is 1. The van der Waals surface area contributed by atoms with E-state index in [0.29, 0.717) is 22.4 Å². The topological polar surface area (TPSA) is 79.8 Å². The molecule has 8 heteroatoms. The molecule has 0 spiro atoms. The van der Waals surface area contributed by atoms with Gasteiger partial charge in [-0.25, -0.2) is 9.89 Å². The molecule has 1 unspecified atom stereocenters. The average molecular weight is 341 g/mol. The van der Waals surface area contributed by atoms with Crippen LogP contribution in [0.25, 0.3) is 0 Å². The highest BCUT2D eigenvalue weighted by atomic mass is 35.5. The number of hydrogen-bond donors (Lipinski definition) is 2. The summed E-state index contributed by atoms with van der Waals surface area (Å²) in [6.45, 7) is 4.31. The maximum Gasteiger partial charge on any atom is 0.343 e. The minimum absolute atomic E-state index is 0.175. The number of hydrogen-bond acceptors (Lipinski definition) is 4. The standard InChI is InChI=1S/C14H17ClN4O2S/c1-3-7-19-13(21)17-18-14(19)22-9(2)12(20)16-11-6-4-5-10(15)8-11/h4-6,8-9H,3,7H2,1-2H3,(H,16,20)(H,17,21). The van der Waals surface area contributed by atoms with Crippen molar-refractivity contribution in [3.63, 3.8) is 0 Å². The Labute approximate surface area is 137 Å². The molecule has 0 aliphatic heterocycles. The number of carbonyl (C=O) groups is 1. The summed E-state index contributed by atoms with van der Waals surface area (Å²) in [4.78, 5) is 23.8. The number of nitrogens with zero attached hydrogens (tertiary/aromatic N) is 2. The summed E-state index contributed by atoms with van der Waals surface area (Å²) >= 11 is 7.13. The maximum atomic E-state index is 12.2. The monoisotopic (exact) mass is 340 g/mol. The number of thioether (sulfide) groups is 1. The fourth-order valence-electron chi connectivity index (χ4n) is 1.84. The van der Waals surface area contributed by atoms with E-state index >= 15 is 0 Å². The molecule has 2 rings (SSSR count). The molecule has 1 atom stereocenters. The van der Waals surface area contributed by atoms with Crippen LogP contribution < -0.4 is 11.0 Å². The maximum absolute atomic E-state index is 12.2. The Morgan fingerprint density at radius 1 is 1.55 bits per heavy atom. The van der Waals surface area contributed by atoms with Crippen LogP contribution in [0.1, 0.15) is 20.3 Å². The van der Waals surface area contributed by atoms with Gasteiger partial charge in [0, 0.05) is 17.3 Å². The molecule has 1 aromatic heterocycles. The molecule has 6 nitrogen and oxygen atoms in total. The van der Waals surface area contributed by atoms with Crippen LogP contribution in [-0.2, 0) is 11.3 Å². The number of rotatable bonds is 6. The van der Waals surface area contributed by atoms with Crippen molar-refractivity contribution in [1.82, 2.24) is 14.8 Å². The molecule has 0 saturated heterocycles. The highest BCUT2D eigenvalue weighted by molar-refractivity contribution is 8.00. The third-order valence-electron chi connectivity index (χ3n) is 2.91. The van der Waals surface area contributed by atoms with Gasteiger partial charge >= 0.3 is 5.69 Å². The minimum Gasteiger partial charge on any atom is -0.325 e. The van der Waals surface area contributed by atoms with E-state index in [9.17, 15) is 9.59 Å². The molecule has 2 aromatic rings. The van der Waals surface area contributed by atoms with Crippen molar-refractivity contribution in [3.05, 3.63) is 39.8 Å². The second-order valence-corrected chi connectivity index (χ2v) is 6.47. The number of benzene rings is 1. The predicted octanol–water partition coefficient (Wildman–Crippen LogP) is 2.75. The first kappa shape index (κ1) is 16.6. The van der Waals surface area contributed by atoms with E-state index in [2.05, 4.69) is 15.5 Å². The zero-order chi connectivity index (χ0) is 16.1. The van der Waals surface area contributed by atoms with Crippen molar-refractivity contribution in [2.24, 2.45) is 0 Å². The normalized spacial score (nSPS) is 12.1. The molecule has 2 N–H and O–H groups in total. The van der Waals surface area contributed by atoms with Gasteiger partial charge in [0.2, 0.25) is 5.91 Å². The number of amides is 1. The van der Waals surface area contributed by atoms with E-state index in [0.717, 1.165) is 6.42 Å². The zero-order valence-electron chi connectivity index (χ0n) is 12.3. The first-order valence-corrected chi connectivity index (χ1v) is 8.15. The Balaban J connectivity index is 2.04. The molecule has 0 aliphatic rings. The van der Waals surface area contributed by atoms with Gasteiger partial charge in [-0.15, -0.1) is 5.10 Å². The number of nitrogens with one attached hydrogen (secondary N) is 2. The first-order chi connectivity index (χ1) is 10.5. The Morgan fingerprint density at radius 2 is 2.32 bits per heavy atom. The third kappa shape index (κ3) is 4.14. The van der Waals surface area contributed by atoms with Crippen LogP contribution in [-0.4, -0.2) is 25.9 Å². The summed E-state index contributed by atoms with van der Waals surface area (Å²) in [5.74, 6) is -0.175. The molecule has 1 heterocycles. The number of carbonyl (C=O) groups excluding carboxylic acids is 1. The van der Waals surface area contributed by atoms with Crippen LogP contribution >= 0.6 is 23.4 Å². The molecular formula is C14H17ClN4O2S. The van der Waals surface area contributed by atoms with Crippen LogP contribution in [0.15, 0.2) is 34.2 Å². The van der Waals surface area contributed by atoms with E-state index in [-0.39, 0.29) is 11.6 Å². The lowest BCUT2D eigenvalue weighted by molar-refractivity contribution is -0.115. The van der Waals surface area contributed by atoms with Gasteiger partial charge in [0.05, 0.1) is 5.25 Å². The third-order valence-corrected chi connectivity index (χ3v) is 4.24. The molecule has 1 amide bonds. The largest absolute Gasteiger partial charge is 0.343 e. The molecule has 22 heavy (non-hydrogen) atoms. The number of aromatic nitrogens is 3. The Hall–Kier alpha value is -1.73. The van der Waals surface area contributed by atoms with Crippen molar-refractivity contribution in [2.75, 3.05) is 5.32 Å². The number of halogens is 1. The molecule has 0 aliphatic carbocycles. The number of aromatic amines is 1. The predicted molar refractivity (Wildman–Crippen MR) is 88.5 cm³/mol. The molecule has 118 valence electrons. The highest BCUT2D eigenvalue weighted by Crippen LogP contribution is 2.22. The second kappa shape index (κ2) is 7.51. The molecule has 1 aromatic carbocycles. The van der Waals surface area contributed by atoms with Crippen LogP contribution in [0.5, 0.6) is 0 Å². The zero-order valence-corrected chi connectivity index (χ0v) is 13.9. The summed E-state index contributed by atoms with van der Waals surface area (Å²) in [6, 6.07) is 6.95. The molecule has 0 fully saturated rings.